The van der Waals surface area contributed by atoms with Crippen LogP contribution in [0.2, 0.25) is 0 Å². The number of aryl methyl sites for hydroxylation is 1. The van der Waals surface area contributed by atoms with E-state index in [0.29, 0.717) is 0 Å². The topological polar surface area (TPSA) is 42.1 Å². The Morgan fingerprint density at radius 3 is 2.45 bits per heavy atom. The minimum Gasteiger partial charge on any atom is -0.322 e. The number of nitrogens with zero attached hydrogens (tertiary/aromatic N) is 2. The molecular weight excluding hydrogens is 246 g/mol. The quantitative estimate of drug-likeness (QED) is 0.919. The fourth-order valence-electron chi connectivity index (χ4n) is 4.21. The highest BCUT2D eigenvalue weighted by molar-refractivity contribution is 5.24. The fourth-order valence-corrected chi connectivity index (χ4v) is 4.21. The van der Waals surface area contributed by atoms with Crippen LogP contribution in [0.25, 0.3) is 0 Å². The summed E-state index contributed by atoms with van der Waals surface area (Å²) in [6, 6.07) is 2.33. The van der Waals surface area contributed by atoms with Gasteiger partial charge >= 0.3 is 0 Å². The summed E-state index contributed by atoms with van der Waals surface area (Å²) in [7, 11) is 0. The van der Waals surface area contributed by atoms with Crippen LogP contribution in [0.3, 0.4) is 0 Å². The number of rotatable bonds is 3. The van der Waals surface area contributed by atoms with E-state index < -0.39 is 0 Å². The summed E-state index contributed by atoms with van der Waals surface area (Å²) in [6.45, 7) is 4.56. The van der Waals surface area contributed by atoms with Crippen molar-refractivity contribution in [2.45, 2.75) is 63.5 Å². The Bertz CT molecular complexity index is 445. The maximum atomic E-state index is 6.75. The minimum atomic E-state index is 0.107. The molecular formula is C17H27N3. The van der Waals surface area contributed by atoms with Crippen molar-refractivity contribution >= 4 is 0 Å². The first-order chi connectivity index (χ1) is 9.72. The Labute approximate surface area is 122 Å². The Balaban J connectivity index is 1.89. The Hall–Kier alpha value is -0.930. The first-order valence-electron chi connectivity index (χ1n) is 8.14. The molecule has 0 bridgehead atoms. The first kappa shape index (κ1) is 14.0. The van der Waals surface area contributed by atoms with E-state index in [1.807, 2.05) is 12.4 Å². The lowest BCUT2D eigenvalue weighted by molar-refractivity contribution is 0.0477. The third kappa shape index (κ3) is 2.49. The van der Waals surface area contributed by atoms with Gasteiger partial charge in [0.05, 0.1) is 0 Å². The summed E-state index contributed by atoms with van der Waals surface area (Å²) < 4.78 is 0. The molecule has 0 spiro atoms. The summed E-state index contributed by atoms with van der Waals surface area (Å²) in [4.78, 5) is 7.06. The van der Waals surface area contributed by atoms with Crippen LogP contribution in [0.5, 0.6) is 0 Å². The molecule has 1 saturated heterocycles. The van der Waals surface area contributed by atoms with Gasteiger partial charge in [-0.25, -0.2) is 0 Å². The average Bonchev–Trinajstić information content (AvgIpc) is 2.98. The predicted molar refractivity (Wildman–Crippen MR) is 82.5 cm³/mol. The third-order valence-corrected chi connectivity index (χ3v) is 5.29. The van der Waals surface area contributed by atoms with Gasteiger partial charge in [-0.1, -0.05) is 25.3 Å². The smallest absolute Gasteiger partial charge is 0.0497 e. The molecule has 2 heterocycles. The first-order valence-corrected chi connectivity index (χ1v) is 8.14. The van der Waals surface area contributed by atoms with Crippen molar-refractivity contribution in [1.29, 1.82) is 0 Å². The number of nitrogens with two attached hydrogens (primary N) is 1. The zero-order valence-corrected chi connectivity index (χ0v) is 12.6. The number of aromatic nitrogens is 1. The lowest BCUT2D eigenvalue weighted by Crippen LogP contribution is -2.55. The zero-order valence-electron chi connectivity index (χ0n) is 12.6. The second-order valence-electron chi connectivity index (χ2n) is 6.63. The molecule has 0 amide bonds. The van der Waals surface area contributed by atoms with Crippen LogP contribution >= 0.6 is 0 Å². The van der Waals surface area contributed by atoms with Crippen molar-refractivity contribution in [2.75, 3.05) is 13.1 Å². The molecule has 0 radical (unpaired) electrons. The van der Waals surface area contributed by atoms with Gasteiger partial charge in [-0.15, -0.1) is 0 Å². The van der Waals surface area contributed by atoms with Crippen molar-refractivity contribution in [1.82, 2.24) is 9.88 Å². The normalized spacial score (nSPS) is 24.7. The van der Waals surface area contributed by atoms with Gasteiger partial charge in [0.2, 0.25) is 0 Å². The van der Waals surface area contributed by atoms with Crippen molar-refractivity contribution in [3.63, 3.8) is 0 Å². The minimum absolute atomic E-state index is 0.107. The predicted octanol–water partition coefficient (Wildman–Crippen LogP) is 3.19. The zero-order chi connectivity index (χ0) is 14.0. The highest BCUT2D eigenvalue weighted by Gasteiger charge is 2.45. The van der Waals surface area contributed by atoms with Crippen LogP contribution < -0.4 is 5.73 Å². The van der Waals surface area contributed by atoms with E-state index in [0.717, 1.165) is 0 Å². The number of pyridine rings is 1. The molecule has 0 aromatic carbocycles. The van der Waals surface area contributed by atoms with Gasteiger partial charge in [-0.05, 0) is 56.8 Å². The molecule has 110 valence electrons. The van der Waals surface area contributed by atoms with Gasteiger partial charge in [0, 0.05) is 24.0 Å². The molecule has 3 heteroatoms. The van der Waals surface area contributed by atoms with E-state index in [-0.39, 0.29) is 11.6 Å². The Morgan fingerprint density at radius 2 is 1.80 bits per heavy atom. The average molecular weight is 273 g/mol. The maximum absolute atomic E-state index is 6.75. The van der Waals surface area contributed by atoms with E-state index in [1.54, 1.807) is 0 Å². The summed E-state index contributed by atoms with van der Waals surface area (Å²) in [5.74, 6) is 0. The number of likely N-dealkylation sites (tertiary alicyclic amines) is 1. The van der Waals surface area contributed by atoms with E-state index in [9.17, 15) is 0 Å². The largest absolute Gasteiger partial charge is 0.322 e. The monoisotopic (exact) mass is 273 g/mol. The lowest BCUT2D eigenvalue weighted by Gasteiger charge is -2.47. The summed E-state index contributed by atoms with van der Waals surface area (Å²) in [5.41, 5.74) is 9.38. The van der Waals surface area contributed by atoms with Gasteiger partial charge in [0.25, 0.3) is 0 Å². The van der Waals surface area contributed by atoms with E-state index in [1.165, 1.54) is 69.2 Å². The van der Waals surface area contributed by atoms with Crippen LogP contribution in [0.4, 0.5) is 0 Å². The molecule has 2 aliphatic rings. The van der Waals surface area contributed by atoms with Crippen LogP contribution in [0, 0.1) is 6.92 Å². The van der Waals surface area contributed by atoms with E-state index >= 15 is 0 Å². The molecule has 2 N–H and O–H groups in total. The molecule has 3 nitrogen and oxygen atoms in total. The van der Waals surface area contributed by atoms with Crippen LogP contribution in [-0.2, 0) is 0 Å². The fraction of sp³-hybridized carbons (Fsp3) is 0.706. The Morgan fingerprint density at radius 1 is 1.10 bits per heavy atom. The van der Waals surface area contributed by atoms with Crippen molar-refractivity contribution in [3.05, 3.63) is 29.6 Å². The highest BCUT2D eigenvalue weighted by Crippen LogP contribution is 2.44. The van der Waals surface area contributed by atoms with Crippen LogP contribution in [-0.4, -0.2) is 28.5 Å². The van der Waals surface area contributed by atoms with Gasteiger partial charge in [0.15, 0.2) is 0 Å². The number of piperidine rings is 1. The molecule has 1 atom stereocenters. The van der Waals surface area contributed by atoms with Crippen LogP contribution in [0.1, 0.15) is 62.1 Å². The second kappa shape index (κ2) is 5.82. The van der Waals surface area contributed by atoms with Crippen molar-refractivity contribution in [3.8, 4) is 0 Å². The molecule has 1 unspecified atom stereocenters. The van der Waals surface area contributed by atoms with Gasteiger partial charge in [-0.3, -0.25) is 9.88 Å². The number of hydrogen-bond acceptors (Lipinski definition) is 3. The second-order valence-corrected chi connectivity index (χ2v) is 6.63. The summed E-state index contributed by atoms with van der Waals surface area (Å²) in [5, 5.41) is 0. The van der Waals surface area contributed by atoms with Crippen molar-refractivity contribution in [2.24, 2.45) is 5.73 Å². The molecule has 1 saturated carbocycles. The Kier molecular flexibility index (Phi) is 4.08. The standard InChI is InChI=1S/C17H27N3/c1-14-11-15(13-19-12-14)16(18)17(7-3-4-8-17)20-9-5-2-6-10-20/h11-13,16H,2-10,18H2,1H3. The van der Waals surface area contributed by atoms with Gasteiger partial charge in [-0.2, -0.15) is 0 Å². The third-order valence-electron chi connectivity index (χ3n) is 5.29. The molecule has 20 heavy (non-hydrogen) atoms. The van der Waals surface area contributed by atoms with Crippen molar-refractivity contribution < 1.29 is 0 Å². The summed E-state index contributed by atoms with van der Waals surface area (Å²) in [6.07, 6.45) is 13.1. The molecule has 3 rings (SSSR count). The molecule has 1 aliphatic heterocycles. The van der Waals surface area contributed by atoms with Crippen LogP contribution in [0.15, 0.2) is 18.5 Å². The molecule has 1 aromatic heterocycles. The van der Waals surface area contributed by atoms with E-state index in [2.05, 4.69) is 22.9 Å². The molecule has 1 aromatic rings. The summed E-state index contributed by atoms with van der Waals surface area (Å²) >= 11 is 0. The molecule has 1 aliphatic carbocycles. The SMILES string of the molecule is Cc1cncc(C(N)C2(N3CCCCC3)CCCC2)c1. The maximum Gasteiger partial charge on any atom is 0.0497 e. The lowest BCUT2D eigenvalue weighted by atomic mass is 9.81. The van der Waals surface area contributed by atoms with Gasteiger partial charge in [0.1, 0.15) is 0 Å². The highest BCUT2D eigenvalue weighted by atomic mass is 15.2. The number of hydrogen-bond donors (Lipinski definition) is 1. The van der Waals surface area contributed by atoms with Gasteiger partial charge < -0.3 is 5.73 Å². The van der Waals surface area contributed by atoms with E-state index in [4.69, 9.17) is 5.73 Å². The molecule has 2 fully saturated rings.